The van der Waals surface area contributed by atoms with Gasteiger partial charge in [0.2, 0.25) is 0 Å². The van der Waals surface area contributed by atoms with Gasteiger partial charge in [-0.2, -0.15) is 0 Å². The van der Waals surface area contributed by atoms with Crippen molar-refractivity contribution < 1.29 is 46.9 Å². The van der Waals surface area contributed by atoms with E-state index in [9.17, 15) is 28.1 Å². The number of aryl methyl sites for hydroxylation is 1. The largest absolute Gasteiger partial charge is 0.465 e. The van der Waals surface area contributed by atoms with Gasteiger partial charge in [0.15, 0.2) is 0 Å². The summed E-state index contributed by atoms with van der Waals surface area (Å²) in [6, 6.07) is 6.46. The first-order chi connectivity index (χ1) is 25.2. The SMILES string of the molecule is CCOC(=O)[C@](C)(CC)NP(=O)(COC)Oc1ccc(COC(=O)N(CC)CCNC(=O)c2c(C)[nH]c(/C=C3\C(=O)NC4=CC=C(F)CC43)c2C)cc1. The number of aromatic nitrogens is 1. The Bertz CT molecular complexity index is 1840. The van der Waals surface area contributed by atoms with E-state index in [4.69, 9.17) is 18.7 Å². The number of nitrogens with zero attached hydrogens (tertiary/aromatic N) is 1. The number of hydrogen-bond acceptors (Lipinski definition) is 9. The maximum Gasteiger partial charge on any atom is 0.410 e. The predicted octanol–water partition coefficient (Wildman–Crippen LogP) is 5.79. The maximum absolute atomic E-state index is 14.0. The summed E-state index contributed by atoms with van der Waals surface area (Å²) in [5, 5.41) is 8.47. The van der Waals surface area contributed by atoms with Crippen molar-refractivity contribution in [1.29, 1.82) is 0 Å². The topological polar surface area (TPSA) is 177 Å². The fraction of sp³-hybridized carbons (Fsp3) is 0.459. The van der Waals surface area contributed by atoms with Crippen molar-refractivity contribution in [3.8, 4) is 5.75 Å². The van der Waals surface area contributed by atoms with Gasteiger partial charge in [-0.1, -0.05) is 19.1 Å². The minimum absolute atomic E-state index is 0.0498. The van der Waals surface area contributed by atoms with Crippen LogP contribution in [0.5, 0.6) is 5.75 Å². The van der Waals surface area contributed by atoms with Gasteiger partial charge in [0.25, 0.3) is 11.8 Å². The average molecular weight is 758 g/mol. The molecule has 4 rings (SSSR count). The van der Waals surface area contributed by atoms with Crippen LogP contribution >= 0.6 is 7.52 Å². The van der Waals surface area contributed by atoms with E-state index in [1.807, 2.05) is 0 Å². The zero-order valence-electron chi connectivity index (χ0n) is 31.2. The van der Waals surface area contributed by atoms with Crippen molar-refractivity contribution in [2.45, 2.75) is 66.5 Å². The van der Waals surface area contributed by atoms with E-state index in [0.29, 0.717) is 52.3 Å². The molecule has 0 bridgehead atoms. The highest BCUT2D eigenvalue weighted by Crippen LogP contribution is 2.46. The quantitative estimate of drug-likeness (QED) is 0.0878. The molecule has 1 aromatic carbocycles. The van der Waals surface area contributed by atoms with Crippen LogP contribution in [0, 0.1) is 19.8 Å². The third-order valence-electron chi connectivity index (χ3n) is 9.11. The van der Waals surface area contributed by atoms with E-state index >= 15 is 0 Å². The van der Waals surface area contributed by atoms with Crippen molar-refractivity contribution in [2.75, 3.05) is 39.7 Å². The third-order valence-corrected chi connectivity index (χ3v) is 11.0. The number of methoxy groups -OCH3 is 1. The van der Waals surface area contributed by atoms with Crippen LogP contribution in [-0.4, -0.2) is 79.0 Å². The Hall–Kier alpha value is -4.72. The van der Waals surface area contributed by atoms with E-state index in [2.05, 4.69) is 20.7 Å². The van der Waals surface area contributed by atoms with Crippen LogP contribution < -0.4 is 20.2 Å². The van der Waals surface area contributed by atoms with Gasteiger partial charge < -0.3 is 39.3 Å². The van der Waals surface area contributed by atoms with Crippen molar-refractivity contribution >= 4 is 37.5 Å². The van der Waals surface area contributed by atoms with E-state index in [1.54, 1.807) is 78.0 Å². The lowest BCUT2D eigenvalue weighted by Crippen LogP contribution is -2.49. The van der Waals surface area contributed by atoms with Crippen molar-refractivity contribution in [2.24, 2.45) is 5.92 Å². The van der Waals surface area contributed by atoms with Gasteiger partial charge in [0, 0.05) is 61.7 Å². The number of esters is 1. The first kappa shape index (κ1) is 41.0. The number of hydrogen-bond donors (Lipinski definition) is 4. The van der Waals surface area contributed by atoms with Crippen LogP contribution in [0.2, 0.25) is 0 Å². The number of halogens is 1. The molecule has 53 heavy (non-hydrogen) atoms. The standard InChI is InChI=1S/C37H49FN5O9P/c1-8-37(6,35(46)50-10-3)42-53(48,22-49-7)52-27-14-11-25(12-15-27)21-51-36(47)43(9-2)18-17-39-34(45)32-23(4)31(40-24(32)5)20-29-28-19-26(38)13-16-30(28)41-33(29)44/h11-16,20,28,40H,8-10,17-19,21-22H2,1-7H3,(H,39,45)(H,41,44)(H,42,48)/b29-20-/t28?,37-,53?/m0/s1. The first-order valence-corrected chi connectivity index (χ1v) is 19.3. The molecular weight excluding hydrogens is 708 g/mol. The summed E-state index contributed by atoms with van der Waals surface area (Å²) >= 11 is 0. The summed E-state index contributed by atoms with van der Waals surface area (Å²) < 4.78 is 49.2. The zero-order chi connectivity index (χ0) is 38.9. The number of amides is 3. The minimum Gasteiger partial charge on any atom is -0.465 e. The van der Waals surface area contributed by atoms with E-state index in [-0.39, 0.29) is 62.5 Å². The van der Waals surface area contributed by atoms with Crippen LogP contribution in [-0.2, 0) is 35.0 Å². The monoisotopic (exact) mass is 757 g/mol. The predicted molar refractivity (Wildman–Crippen MR) is 197 cm³/mol. The number of nitrogens with one attached hydrogen (secondary N) is 4. The number of rotatable bonds is 17. The highest BCUT2D eigenvalue weighted by atomic mass is 31.2. The molecule has 16 heteroatoms. The number of allylic oxidation sites excluding steroid dienone is 4. The lowest BCUT2D eigenvalue weighted by Gasteiger charge is -2.31. The maximum atomic E-state index is 14.0. The molecule has 0 radical (unpaired) electrons. The summed E-state index contributed by atoms with van der Waals surface area (Å²) in [6.07, 6.45) is 4.11. The average Bonchev–Trinajstić information content (AvgIpc) is 3.58. The Labute approximate surface area is 309 Å². The summed E-state index contributed by atoms with van der Waals surface area (Å²) in [5.74, 6) is -1.65. The lowest BCUT2D eigenvalue weighted by atomic mass is 9.91. The molecule has 4 N–H and O–H groups in total. The second-order valence-electron chi connectivity index (χ2n) is 12.9. The molecule has 14 nitrogen and oxygen atoms in total. The normalized spacial score (nSPS) is 18.2. The van der Waals surface area contributed by atoms with Gasteiger partial charge in [-0.05, 0) is 82.5 Å². The number of H-pyrrole nitrogens is 1. The number of carbonyl (C=O) groups excluding carboxylic acids is 4. The minimum atomic E-state index is -3.71. The third kappa shape index (κ3) is 10.0. The number of fused-ring (bicyclic) bond motifs is 1. The zero-order valence-corrected chi connectivity index (χ0v) is 32.1. The molecule has 0 spiro atoms. The molecule has 1 aliphatic heterocycles. The first-order valence-electron chi connectivity index (χ1n) is 17.5. The van der Waals surface area contributed by atoms with Crippen molar-refractivity contribution in [3.05, 3.63) is 81.6 Å². The Morgan fingerprint density at radius 1 is 1.11 bits per heavy atom. The van der Waals surface area contributed by atoms with Crippen LogP contribution in [0.3, 0.4) is 0 Å². The van der Waals surface area contributed by atoms with Gasteiger partial charge in [-0.25, -0.2) is 14.3 Å². The van der Waals surface area contributed by atoms with E-state index in [1.165, 1.54) is 18.1 Å². The lowest BCUT2D eigenvalue weighted by molar-refractivity contribution is -0.149. The highest BCUT2D eigenvalue weighted by Gasteiger charge is 2.41. The van der Waals surface area contributed by atoms with Crippen LogP contribution in [0.15, 0.2) is 53.5 Å². The van der Waals surface area contributed by atoms with E-state index < -0.39 is 31.0 Å². The summed E-state index contributed by atoms with van der Waals surface area (Å²) in [6.45, 7) is 11.2. The molecule has 1 aliphatic carbocycles. The second-order valence-corrected chi connectivity index (χ2v) is 15.0. The smallest absolute Gasteiger partial charge is 0.410 e. The number of likely N-dealkylation sites (N-methyl/N-ethyl adjacent to an activating group) is 1. The molecule has 2 aliphatic rings. The molecule has 2 unspecified atom stereocenters. The Kier molecular flexibility index (Phi) is 13.8. The second kappa shape index (κ2) is 17.9. The summed E-state index contributed by atoms with van der Waals surface area (Å²) in [5.41, 5.74) is 2.71. The molecule has 1 fully saturated rings. The van der Waals surface area contributed by atoms with Gasteiger partial charge in [0.05, 0.1) is 12.2 Å². The summed E-state index contributed by atoms with van der Waals surface area (Å²) in [7, 11) is -2.33. The Morgan fingerprint density at radius 3 is 2.47 bits per heavy atom. The van der Waals surface area contributed by atoms with Gasteiger partial charge in [-0.15, -0.1) is 0 Å². The fourth-order valence-electron chi connectivity index (χ4n) is 6.03. The molecular formula is C37H49FN5O9P. The van der Waals surface area contributed by atoms with E-state index in [0.717, 1.165) is 0 Å². The van der Waals surface area contributed by atoms with Gasteiger partial charge in [-0.3, -0.25) is 18.9 Å². The fourth-order valence-corrected chi connectivity index (χ4v) is 8.00. The highest BCUT2D eigenvalue weighted by molar-refractivity contribution is 7.57. The van der Waals surface area contributed by atoms with Crippen LogP contribution in [0.4, 0.5) is 9.18 Å². The van der Waals surface area contributed by atoms with Crippen molar-refractivity contribution in [3.63, 3.8) is 0 Å². The Balaban J connectivity index is 1.30. The number of carbonyl (C=O) groups is 4. The summed E-state index contributed by atoms with van der Waals surface area (Å²) in [4.78, 5) is 55.9. The Morgan fingerprint density at radius 2 is 1.83 bits per heavy atom. The molecule has 1 aromatic heterocycles. The molecule has 3 amide bonds. The van der Waals surface area contributed by atoms with Gasteiger partial charge in [0.1, 0.15) is 30.1 Å². The van der Waals surface area contributed by atoms with Crippen molar-refractivity contribution in [1.82, 2.24) is 25.6 Å². The number of aromatic amines is 1. The number of ether oxygens (including phenoxy) is 3. The molecule has 3 atom stereocenters. The molecule has 0 saturated carbocycles. The van der Waals surface area contributed by atoms with Crippen LogP contribution in [0.25, 0.3) is 6.08 Å². The molecule has 2 heterocycles. The van der Waals surface area contributed by atoms with Gasteiger partial charge >= 0.3 is 19.6 Å². The molecule has 1 saturated heterocycles. The molecule has 288 valence electrons. The number of benzene rings is 1. The molecule has 2 aromatic rings. The van der Waals surface area contributed by atoms with Crippen LogP contribution in [0.1, 0.15) is 73.4 Å².